The molecule has 3 aromatic rings. The fourth-order valence-electron chi connectivity index (χ4n) is 4.46. The fraction of sp³-hybridized carbons (Fsp3) is 0.393. The van der Waals surface area contributed by atoms with E-state index >= 15 is 0 Å². The van der Waals surface area contributed by atoms with Crippen molar-refractivity contribution < 1.29 is 9.90 Å². The van der Waals surface area contributed by atoms with Crippen LogP contribution in [0.5, 0.6) is 0 Å². The number of hydrogen-bond donors (Lipinski definition) is 2. The molecule has 0 spiro atoms. The van der Waals surface area contributed by atoms with Gasteiger partial charge in [-0.25, -0.2) is 4.79 Å². The van der Waals surface area contributed by atoms with Crippen LogP contribution in [0.2, 0.25) is 5.02 Å². The number of halogens is 1. The number of rotatable bonds is 12. The molecule has 0 amide bonds. The predicted molar refractivity (Wildman–Crippen MR) is 140 cm³/mol. The summed E-state index contributed by atoms with van der Waals surface area (Å²) in [6.07, 6.45) is 0.995. The lowest BCUT2D eigenvalue weighted by molar-refractivity contribution is 0.0694. The second kappa shape index (κ2) is 12.2. The van der Waals surface area contributed by atoms with E-state index in [1.165, 1.54) is 5.56 Å². The summed E-state index contributed by atoms with van der Waals surface area (Å²) >= 11 is 6.15. The van der Waals surface area contributed by atoms with Crippen molar-refractivity contribution in [3.63, 3.8) is 0 Å². The molecular weight excluding hydrogens is 446 g/mol. The van der Waals surface area contributed by atoms with Gasteiger partial charge in [-0.1, -0.05) is 54.1 Å². The Morgan fingerprint density at radius 3 is 2.41 bits per heavy atom. The van der Waals surface area contributed by atoms with Crippen molar-refractivity contribution >= 4 is 17.6 Å². The topological polar surface area (TPSA) is 57.5 Å². The highest BCUT2D eigenvalue weighted by Gasteiger charge is 2.22. The van der Waals surface area contributed by atoms with E-state index in [4.69, 9.17) is 11.6 Å². The standard InChI is InChI=1S/C28H36ClN3O2/c1-20(2)31(18-23-10-6-5-7-11-23)15-9-14-30-17-26-21(3)32(22(4)27(26)28(33)34)19-24-12-8-13-25(29)16-24/h5-8,10-13,16,20,30H,9,14-15,17-19H2,1-4H3,(H,33,34). The molecule has 0 aliphatic heterocycles. The first kappa shape index (κ1) is 26.0. The Kier molecular flexibility index (Phi) is 9.34. The highest BCUT2D eigenvalue weighted by Crippen LogP contribution is 2.24. The molecule has 34 heavy (non-hydrogen) atoms. The Morgan fingerprint density at radius 1 is 1.06 bits per heavy atom. The molecule has 1 heterocycles. The molecule has 0 saturated carbocycles. The summed E-state index contributed by atoms with van der Waals surface area (Å²) in [6.45, 7) is 12.2. The monoisotopic (exact) mass is 481 g/mol. The minimum Gasteiger partial charge on any atom is -0.478 e. The first-order chi connectivity index (χ1) is 16.3. The number of hydrogen-bond acceptors (Lipinski definition) is 3. The maximum atomic E-state index is 12.1. The third-order valence-corrected chi connectivity index (χ3v) is 6.65. The number of aromatic nitrogens is 1. The zero-order valence-corrected chi connectivity index (χ0v) is 21.4. The van der Waals surface area contributed by atoms with Crippen LogP contribution in [0.25, 0.3) is 0 Å². The minimum atomic E-state index is -0.879. The maximum Gasteiger partial charge on any atom is 0.337 e. The van der Waals surface area contributed by atoms with Gasteiger partial charge in [-0.3, -0.25) is 4.90 Å². The molecule has 5 nitrogen and oxygen atoms in total. The van der Waals surface area contributed by atoms with Gasteiger partial charge in [-0.05, 0) is 70.5 Å². The molecule has 0 saturated heterocycles. The van der Waals surface area contributed by atoms with E-state index in [-0.39, 0.29) is 0 Å². The van der Waals surface area contributed by atoms with Crippen LogP contribution in [0, 0.1) is 13.8 Å². The van der Waals surface area contributed by atoms with E-state index in [2.05, 4.69) is 52.9 Å². The van der Waals surface area contributed by atoms with E-state index in [9.17, 15) is 9.90 Å². The van der Waals surface area contributed by atoms with Crippen LogP contribution < -0.4 is 5.32 Å². The molecule has 0 aliphatic carbocycles. The number of aromatic carboxylic acids is 1. The lowest BCUT2D eigenvalue weighted by atomic mass is 10.1. The first-order valence-corrected chi connectivity index (χ1v) is 12.3. The van der Waals surface area contributed by atoms with Gasteiger partial charge in [-0.15, -0.1) is 0 Å². The van der Waals surface area contributed by atoms with Crippen molar-refractivity contribution in [2.45, 2.75) is 59.8 Å². The third-order valence-electron chi connectivity index (χ3n) is 6.41. The van der Waals surface area contributed by atoms with E-state index in [0.29, 0.717) is 29.7 Å². The maximum absolute atomic E-state index is 12.1. The minimum absolute atomic E-state index is 0.403. The molecular formula is C28H36ClN3O2. The average molecular weight is 482 g/mol. The van der Waals surface area contributed by atoms with Crippen molar-refractivity contribution in [2.24, 2.45) is 0 Å². The van der Waals surface area contributed by atoms with Gasteiger partial charge in [0, 0.05) is 47.7 Å². The number of carboxylic acids is 1. The number of carbonyl (C=O) groups is 1. The number of benzene rings is 2. The molecule has 182 valence electrons. The van der Waals surface area contributed by atoms with Crippen molar-refractivity contribution in [1.82, 2.24) is 14.8 Å². The number of nitrogens with zero attached hydrogens (tertiary/aromatic N) is 2. The summed E-state index contributed by atoms with van der Waals surface area (Å²) < 4.78 is 2.08. The Hall–Kier alpha value is -2.60. The highest BCUT2D eigenvalue weighted by atomic mass is 35.5. The lowest BCUT2D eigenvalue weighted by Gasteiger charge is -2.26. The zero-order chi connectivity index (χ0) is 24.7. The van der Waals surface area contributed by atoms with Gasteiger partial charge in [0.2, 0.25) is 0 Å². The molecule has 2 N–H and O–H groups in total. The second-order valence-corrected chi connectivity index (χ2v) is 9.56. The van der Waals surface area contributed by atoms with Gasteiger partial charge in [0.1, 0.15) is 0 Å². The van der Waals surface area contributed by atoms with Crippen LogP contribution in [0.4, 0.5) is 0 Å². The summed E-state index contributed by atoms with van der Waals surface area (Å²) in [5.74, 6) is -0.879. The van der Waals surface area contributed by atoms with E-state index in [0.717, 1.165) is 48.6 Å². The fourth-order valence-corrected chi connectivity index (χ4v) is 4.68. The highest BCUT2D eigenvalue weighted by molar-refractivity contribution is 6.30. The summed E-state index contributed by atoms with van der Waals surface area (Å²) in [7, 11) is 0. The van der Waals surface area contributed by atoms with Crippen molar-refractivity contribution in [3.05, 3.63) is 93.3 Å². The van der Waals surface area contributed by atoms with Crippen LogP contribution in [-0.4, -0.2) is 39.7 Å². The lowest BCUT2D eigenvalue weighted by Crippen LogP contribution is -2.33. The Bertz CT molecular complexity index is 1090. The SMILES string of the molecule is Cc1c(CNCCCN(Cc2ccccc2)C(C)C)c(C(=O)O)c(C)n1Cc1cccc(Cl)c1. The normalized spacial score (nSPS) is 11.5. The van der Waals surface area contributed by atoms with Crippen LogP contribution in [0.3, 0.4) is 0 Å². The second-order valence-electron chi connectivity index (χ2n) is 9.13. The van der Waals surface area contributed by atoms with Crippen LogP contribution >= 0.6 is 11.6 Å². The molecule has 0 aliphatic rings. The van der Waals surface area contributed by atoms with Gasteiger partial charge in [0.15, 0.2) is 0 Å². The molecule has 0 fully saturated rings. The smallest absolute Gasteiger partial charge is 0.337 e. The summed E-state index contributed by atoms with van der Waals surface area (Å²) in [5.41, 5.74) is 5.39. The molecule has 0 atom stereocenters. The Labute approximate surface area is 208 Å². The van der Waals surface area contributed by atoms with E-state index in [1.807, 2.05) is 44.2 Å². The molecule has 2 aromatic carbocycles. The van der Waals surface area contributed by atoms with Crippen molar-refractivity contribution in [1.29, 1.82) is 0 Å². The third kappa shape index (κ3) is 6.72. The molecule has 0 unspecified atom stereocenters. The molecule has 1 aromatic heterocycles. The molecule has 0 radical (unpaired) electrons. The molecule has 0 bridgehead atoms. The van der Waals surface area contributed by atoms with Gasteiger partial charge < -0.3 is 15.0 Å². The summed E-state index contributed by atoms with van der Waals surface area (Å²) in [6, 6.07) is 18.7. The van der Waals surface area contributed by atoms with Gasteiger partial charge in [0.25, 0.3) is 0 Å². The van der Waals surface area contributed by atoms with Crippen LogP contribution in [0.15, 0.2) is 54.6 Å². The molecule has 3 rings (SSSR count). The number of carboxylic acid groups (broad SMARTS) is 1. The predicted octanol–water partition coefficient (Wildman–Crippen LogP) is 5.90. The quantitative estimate of drug-likeness (QED) is 0.316. The Balaban J connectivity index is 1.62. The first-order valence-electron chi connectivity index (χ1n) is 11.9. The summed E-state index contributed by atoms with van der Waals surface area (Å²) in [4.78, 5) is 14.5. The number of nitrogens with one attached hydrogen (secondary N) is 1. The van der Waals surface area contributed by atoms with Gasteiger partial charge in [-0.2, -0.15) is 0 Å². The van der Waals surface area contributed by atoms with Crippen LogP contribution in [0.1, 0.15) is 58.7 Å². The van der Waals surface area contributed by atoms with Crippen molar-refractivity contribution in [3.8, 4) is 0 Å². The van der Waals surface area contributed by atoms with Crippen molar-refractivity contribution in [2.75, 3.05) is 13.1 Å². The van der Waals surface area contributed by atoms with E-state index < -0.39 is 5.97 Å². The van der Waals surface area contributed by atoms with Gasteiger partial charge >= 0.3 is 5.97 Å². The van der Waals surface area contributed by atoms with E-state index in [1.54, 1.807) is 0 Å². The average Bonchev–Trinajstić information content (AvgIpc) is 3.03. The zero-order valence-electron chi connectivity index (χ0n) is 20.6. The largest absolute Gasteiger partial charge is 0.478 e. The Morgan fingerprint density at radius 2 is 1.76 bits per heavy atom. The van der Waals surface area contributed by atoms with Gasteiger partial charge in [0.05, 0.1) is 5.56 Å². The molecule has 6 heteroatoms. The summed E-state index contributed by atoms with van der Waals surface area (Å²) in [5, 5.41) is 14.1. The van der Waals surface area contributed by atoms with Crippen LogP contribution in [-0.2, 0) is 19.6 Å².